The first-order valence-electron chi connectivity index (χ1n) is 5.13. The highest BCUT2D eigenvalue weighted by atomic mass is 79.9. The van der Waals surface area contributed by atoms with Crippen molar-refractivity contribution in [3.63, 3.8) is 0 Å². The highest BCUT2D eigenvalue weighted by Gasteiger charge is 2.48. The van der Waals surface area contributed by atoms with Crippen molar-refractivity contribution in [1.29, 1.82) is 0 Å². The standard InChI is InChI=1S/C11H12BrF3O2S/c1-7(8(2)12)9-5-3-4-6-10(9)18(16,17)11(13,14)15/h3-8H,1-2H3. The predicted molar refractivity (Wildman–Crippen MR) is 66.5 cm³/mol. The number of halogens is 4. The van der Waals surface area contributed by atoms with Crippen molar-refractivity contribution >= 4 is 25.8 Å². The maximum Gasteiger partial charge on any atom is 0.501 e. The smallest absolute Gasteiger partial charge is 0.214 e. The summed E-state index contributed by atoms with van der Waals surface area (Å²) >= 11 is 3.25. The van der Waals surface area contributed by atoms with Crippen molar-refractivity contribution in [3.8, 4) is 0 Å². The van der Waals surface area contributed by atoms with E-state index in [1.54, 1.807) is 13.8 Å². The van der Waals surface area contributed by atoms with Gasteiger partial charge in [-0.3, -0.25) is 0 Å². The Morgan fingerprint density at radius 1 is 1.17 bits per heavy atom. The molecule has 0 N–H and O–H groups in total. The number of alkyl halides is 4. The molecule has 0 bridgehead atoms. The fourth-order valence-electron chi connectivity index (χ4n) is 1.47. The first-order chi connectivity index (χ1) is 8.09. The minimum absolute atomic E-state index is 0.137. The van der Waals surface area contributed by atoms with Gasteiger partial charge in [0.2, 0.25) is 0 Å². The summed E-state index contributed by atoms with van der Waals surface area (Å²) in [6.45, 7) is 3.42. The van der Waals surface area contributed by atoms with Gasteiger partial charge in [0, 0.05) is 4.83 Å². The average Bonchev–Trinajstić information content (AvgIpc) is 2.26. The quantitative estimate of drug-likeness (QED) is 0.780. The van der Waals surface area contributed by atoms with E-state index < -0.39 is 20.2 Å². The molecule has 2 unspecified atom stereocenters. The van der Waals surface area contributed by atoms with Crippen molar-refractivity contribution < 1.29 is 21.6 Å². The molecule has 0 saturated carbocycles. The van der Waals surface area contributed by atoms with Crippen LogP contribution in [0.3, 0.4) is 0 Å². The Bertz CT molecular complexity index is 523. The van der Waals surface area contributed by atoms with Crippen LogP contribution in [0.4, 0.5) is 13.2 Å². The zero-order valence-electron chi connectivity index (χ0n) is 9.70. The maximum absolute atomic E-state index is 12.6. The van der Waals surface area contributed by atoms with E-state index in [4.69, 9.17) is 0 Å². The zero-order valence-corrected chi connectivity index (χ0v) is 12.1. The lowest BCUT2D eigenvalue weighted by atomic mass is 9.99. The van der Waals surface area contributed by atoms with Crippen LogP contribution in [0, 0.1) is 0 Å². The first kappa shape index (κ1) is 15.5. The van der Waals surface area contributed by atoms with Gasteiger partial charge in [-0.15, -0.1) is 0 Å². The Morgan fingerprint density at radius 2 is 1.67 bits per heavy atom. The van der Waals surface area contributed by atoms with Crippen molar-refractivity contribution in [2.45, 2.75) is 35.0 Å². The molecule has 102 valence electrons. The van der Waals surface area contributed by atoms with E-state index in [1.807, 2.05) is 0 Å². The predicted octanol–water partition coefficient (Wildman–Crippen LogP) is 3.87. The van der Waals surface area contributed by atoms with Gasteiger partial charge in [0.25, 0.3) is 9.84 Å². The van der Waals surface area contributed by atoms with Gasteiger partial charge in [0.1, 0.15) is 0 Å². The first-order valence-corrected chi connectivity index (χ1v) is 7.53. The second-order valence-electron chi connectivity index (χ2n) is 3.95. The van der Waals surface area contributed by atoms with Crippen molar-refractivity contribution in [3.05, 3.63) is 29.8 Å². The van der Waals surface area contributed by atoms with Gasteiger partial charge in [-0.05, 0) is 17.5 Å². The van der Waals surface area contributed by atoms with E-state index in [1.165, 1.54) is 18.2 Å². The van der Waals surface area contributed by atoms with Crippen LogP contribution in [0.15, 0.2) is 29.2 Å². The molecular formula is C11H12BrF3O2S. The molecule has 2 nitrogen and oxygen atoms in total. The Kier molecular flexibility index (Phi) is 4.48. The Hall–Kier alpha value is -0.560. The molecule has 0 aromatic heterocycles. The lowest BCUT2D eigenvalue weighted by molar-refractivity contribution is -0.0436. The second-order valence-corrected chi connectivity index (χ2v) is 7.31. The van der Waals surface area contributed by atoms with Gasteiger partial charge >= 0.3 is 5.51 Å². The molecule has 0 fully saturated rings. The van der Waals surface area contributed by atoms with Crippen LogP contribution in [0.1, 0.15) is 25.3 Å². The molecule has 1 rings (SSSR count). The second kappa shape index (κ2) is 5.21. The lowest BCUT2D eigenvalue weighted by Gasteiger charge is -2.19. The molecule has 18 heavy (non-hydrogen) atoms. The number of rotatable bonds is 3. The molecule has 7 heteroatoms. The van der Waals surface area contributed by atoms with Gasteiger partial charge in [-0.25, -0.2) is 8.42 Å². The van der Waals surface area contributed by atoms with E-state index in [9.17, 15) is 21.6 Å². The van der Waals surface area contributed by atoms with Crippen LogP contribution in [0.5, 0.6) is 0 Å². The highest BCUT2D eigenvalue weighted by Crippen LogP contribution is 2.36. The lowest BCUT2D eigenvalue weighted by Crippen LogP contribution is -2.25. The normalized spacial score (nSPS) is 16.3. The average molecular weight is 345 g/mol. The van der Waals surface area contributed by atoms with Gasteiger partial charge in [-0.1, -0.05) is 48.0 Å². The Balaban J connectivity index is 3.45. The van der Waals surface area contributed by atoms with Crippen LogP contribution in [-0.2, 0) is 9.84 Å². The molecule has 1 aromatic carbocycles. The van der Waals surface area contributed by atoms with Crippen molar-refractivity contribution in [1.82, 2.24) is 0 Å². The molecule has 0 heterocycles. The third kappa shape index (κ3) is 2.88. The number of hydrogen-bond donors (Lipinski definition) is 0. The third-order valence-corrected chi connectivity index (χ3v) is 5.05. The molecule has 0 amide bonds. The summed E-state index contributed by atoms with van der Waals surface area (Å²) in [6, 6.07) is 5.20. The molecule has 0 aliphatic rings. The molecule has 0 aliphatic heterocycles. The van der Waals surface area contributed by atoms with E-state index in [-0.39, 0.29) is 16.3 Å². The van der Waals surface area contributed by atoms with Crippen LogP contribution >= 0.6 is 15.9 Å². The molecule has 0 saturated heterocycles. The van der Waals surface area contributed by atoms with Crippen LogP contribution in [0.25, 0.3) is 0 Å². The van der Waals surface area contributed by atoms with Gasteiger partial charge in [-0.2, -0.15) is 13.2 Å². The number of sulfone groups is 1. The molecule has 0 spiro atoms. The van der Waals surface area contributed by atoms with Crippen LogP contribution in [-0.4, -0.2) is 18.8 Å². The van der Waals surface area contributed by atoms with Gasteiger partial charge in [0.05, 0.1) is 4.90 Å². The summed E-state index contributed by atoms with van der Waals surface area (Å²) in [5.41, 5.74) is -5.11. The van der Waals surface area contributed by atoms with Crippen LogP contribution in [0.2, 0.25) is 0 Å². The highest BCUT2D eigenvalue weighted by molar-refractivity contribution is 9.09. The summed E-state index contributed by atoms with van der Waals surface area (Å²) < 4.78 is 60.6. The maximum atomic E-state index is 12.6. The molecule has 0 radical (unpaired) electrons. The van der Waals surface area contributed by atoms with Crippen molar-refractivity contribution in [2.24, 2.45) is 0 Å². The zero-order chi connectivity index (χ0) is 14.1. The number of benzene rings is 1. The monoisotopic (exact) mass is 344 g/mol. The van der Waals surface area contributed by atoms with E-state index in [0.29, 0.717) is 0 Å². The van der Waals surface area contributed by atoms with Crippen LogP contribution < -0.4 is 0 Å². The summed E-state index contributed by atoms with van der Waals surface area (Å²) in [7, 11) is -5.31. The summed E-state index contributed by atoms with van der Waals surface area (Å²) in [5.74, 6) is -0.349. The fourth-order valence-corrected chi connectivity index (χ4v) is 2.83. The topological polar surface area (TPSA) is 34.1 Å². The summed E-state index contributed by atoms with van der Waals surface area (Å²) in [6.07, 6.45) is 0. The molecule has 0 aliphatic carbocycles. The summed E-state index contributed by atoms with van der Waals surface area (Å²) in [4.78, 5) is -0.807. The Morgan fingerprint density at radius 3 is 2.11 bits per heavy atom. The fraction of sp³-hybridized carbons (Fsp3) is 0.455. The molecule has 2 atom stereocenters. The third-order valence-electron chi connectivity index (χ3n) is 2.69. The van der Waals surface area contributed by atoms with E-state index >= 15 is 0 Å². The minimum Gasteiger partial charge on any atom is -0.214 e. The molecule has 1 aromatic rings. The summed E-state index contributed by atoms with van der Waals surface area (Å²) in [5, 5.41) is 0. The van der Waals surface area contributed by atoms with E-state index in [0.717, 1.165) is 6.07 Å². The molecular weight excluding hydrogens is 333 g/mol. The van der Waals surface area contributed by atoms with Gasteiger partial charge in [0.15, 0.2) is 0 Å². The SMILES string of the molecule is CC(Br)C(C)c1ccccc1S(=O)(=O)C(F)(F)F. The van der Waals surface area contributed by atoms with Gasteiger partial charge < -0.3 is 0 Å². The van der Waals surface area contributed by atoms with E-state index in [2.05, 4.69) is 15.9 Å². The Labute approximate surface area is 112 Å². The number of hydrogen-bond acceptors (Lipinski definition) is 2. The largest absolute Gasteiger partial charge is 0.501 e. The van der Waals surface area contributed by atoms with Crippen molar-refractivity contribution in [2.75, 3.05) is 0 Å². The minimum atomic E-state index is -5.31.